The van der Waals surface area contributed by atoms with Gasteiger partial charge in [0.25, 0.3) is 0 Å². The van der Waals surface area contributed by atoms with Gasteiger partial charge < -0.3 is 24.6 Å². The third-order valence-corrected chi connectivity index (χ3v) is 4.37. The zero-order valence-corrected chi connectivity index (χ0v) is 12.8. The van der Waals surface area contributed by atoms with Crippen LogP contribution in [-0.2, 0) is 9.47 Å². The number of hydrogen-bond donors (Lipinski definition) is 2. The van der Waals surface area contributed by atoms with Gasteiger partial charge in [0.2, 0.25) is 0 Å². The maximum Gasteiger partial charge on any atom is 0.197 e. The topological polar surface area (TPSA) is 62.2 Å². The van der Waals surface area contributed by atoms with Gasteiger partial charge in [0, 0.05) is 19.0 Å². The van der Waals surface area contributed by atoms with Gasteiger partial charge in [-0.25, -0.2) is 0 Å². The molecular weight excluding hydrogens is 270 g/mol. The lowest BCUT2D eigenvalue weighted by Crippen LogP contribution is -2.49. The molecule has 2 unspecified atom stereocenters. The molecule has 2 atom stereocenters. The van der Waals surface area contributed by atoms with Crippen LogP contribution in [0.4, 0.5) is 0 Å². The summed E-state index contributed by atoms with van der Waals surface area (Å²) in [6.45, 7) is 3.76. The van der Waals surface area contributed by atoms with E-state index in [1.54, 1.807) is 19.3 Å². The minimum absolute atomic E-state index is 0.0411. The molecule has 0 fully saturated rings. The van der Waals surface area contributed by atoms with E-state index in [-0.39, 0.29) is 11.8 Å². The molecule has 0 radical (unpaired) electrons. The lowest BCUT2D eigenvalue weighted by atomic mass is 9.85. The largest absolute Gasteiger partial charge is 0.508 e. The quantitative estimate of drug-likeness (QED) is 0.773. The number of aliphatic hydroxyl groups is 2. The number of allylic oxidation sites excluding steroid dienone is 2. The number of nitrogens with zero attached hydrogens (tertiary/aromatic N) is 1. The van der Waals surface area contributed by atoms with Gasteiger partial charge in [0.1, 0.15) is 17.1 Å². The van der Waals surface area contributed by atoms with Crippen LogP contribution < -0.4 is 0 Å². The number of fused-ring (bicyclic) bond motifs is 1. The van der Waals surface area contributed by atoms with Gasteiger partial charge in [-0.2, -0.15) is 0 Å². The van der Waals surface area contributed by atoms with E-state index in [9.17, 15) is 10.2 Å². The molecule has 5 heteroatoms. The van der Waals surface area contributed by atoms with Gasteiger partial charge in [0.05, 0.1) is 24.8 Å². The second kappa shape index (κ2) is 4.56. The average molecular weight is 291 g/mol. The summed E-state index contributed by atoms with van der Waals surface area (Å²) >= 11 is 0. The summed E-state index contributed by atoms with van der Waals surface area (Å²) in [4.78, 5) is 2.01. The SMILES string of the molecule is COC1=C2C=C(O)C=CC2N(C)C2=C1CC(O)C(C)(C)O2. The first kappa shape index (κ1) is 14.1. The van der Waals surface area contributed by atoms with Gasteiger partial charge in [-0.1, -0.05) is 6.08 Å². The Labute approximate surface area is 124 Å². The van der Waals surface area contributed by atoms with Crippen molar-refractivity contribution in [3.63, 3.8) is 0 Å². The van der Waals surface area contributed by atoms with Gasteiger partial charge in [-0.05, 0) is 26.0 Å². The average Bonchev–Trinajstić information content (AvgIpc) is 2.42. The molecule has 114 valence electrons. The van der Waals surface area contributed by atoms with Gasteiger partial charge in [0.15, 0.2) is 5.88 Å². The Hall–Kier alpha value is -1.88. The number of hydrogen-bond acceptors (Lipinski definition) is 5. The Bertz CT molecular complexity index is 597. The molecule has 0 aromatic carbocycles. The van der Waals surface area contributed by atoms with Crippen LogP contribution in [0.1, 0.15) is 20.3 Å². The van der Waals surface area contributed by atoms with Gasteiger partial charge in [-0.3, -0.25) is 0 Å². The molecule has 0 saturated heterocycles. The molecule has 21 heavy (non-hydrogen) atoms. The van der Waals surface area contributed by atoms with E-state index in [0.29, 0.717) is 12.2 Å². The Balaban J connectivity index is 2.15. The van der Waals surface area contributed by atoms with Crippen molar-refractivity contribution in [3.8, 4) is 0 Å². The number of aliphatic hydroxyl groups excluding tert-OH is 2. The first-order valence-corrected chi connectivity index (χ1v) is 7.05. The van der Waals surface area contributed by atoms with E-state index in [4.69, 9.17) is 9.47 Å². The maximum atomic E-state index is 10.3. The van der Waals surface area contributed by atoms with Crippen LogP contribution in [0.2, 0.25) is 0 Å². The van der Waals surface area contributed by atoms with Crippen LogP contribution in [0.15, 0.2) is 46.8 Å². The molecule has 2 aliphatic heterocycles. The number of ether oxygens (including phenoxy) is 2. The molecule has 2 N–H and O–H groups in total. The third kappa shape index (κ3) is 2.03. The molecule has 1 aliphatic carbocycles. The van der Waals surface area contributed by atoms with E-state index in [1.165, 1.54) is 0 Å². The van der Waals surface area contributed by atoms with E-state index >= 15 is 0 Å². The van der Waals surface area contributed by atoms with Crippen molar-refractivity contribution in [2.24, 2.45) is 0 Å². The molecule has 5 nitrogen and oxygen atoms in total. The van der Waals surface area contributed by atoms with Crippen molar-refractivity contribution in [3.05, 3.63) is 46.8 Å². The second-order valence-corrected chi connectivity index (χ2v) is 6.18. The maximum absolute atomic E-state index is 10.3. The summed E-state index contributed by atoms with van der Waals surface area (Å²) in [6, 6.07) is -0.0411. The summed E-state index contributed by atoms with van der Waals surface area (Å²) in [5.74, 6) is 1.61. The minimum atomic E-state index is -0.639. The van der Waals surface area contributed by atoms with Gasteiger partial charge >= 0.3 is 0 Å². The van der Waals surface area contributed by atoms with Crippen LogP contribution in [-0.4, -0.2) is 47.0 Å². The molecule has 0 saturated carbocycles. The minimum Gasteiger partial charge on any atom is -0.508 e. The molecule has 0 bridgehead atoms. The summed E-state index contributed by atoms with van der Waals surface area (Å²) in [5, 5.41) is 20.0. The fraction of sp³-hybridized carbons (Fsp3) is 0.500. The van der Waals surface area contributed by atoms with Crippen LogP contribution in [0.25, 0.3) is 0 Å². The van der Waals surface area contributed by atoms with Crippen molar-refractivity contribution in [2.45, 2.75) is 38.0 Å². The predicted octanol–water partition coefficient (Wildman–Crippen LogP) is 1.98. The number of methoxy groups -OCH3 is 1. The summed E-state index contributed by atoms with van der Waals surface area (Å²) in [5.41, 5.74) is 1.09. The Kier molecular flexibility index (Phi) is 3.06. The zero-order valence-electron chi connectivity index (χ0n) is 12.8. The summed E-state index contributed by atoms with van der Waals surface area (Å²) in [7, 11) is 3.55. The highest BCUT2D eigenvalue weighted by molar-refractivity contribution is 5.51. The Morgan fingerprint density at radius 1 is 1.43 bits per heavy atom. The van der Waals surface area contributed by atoms with E-state index < -0.39 is 11.7 Å². The monoisotopic (exact) mass is 291 g/mol. The highest BCUT2D eigenvalue weighted by Crippen LogP contribution is 2.43. The summed E-state index contributed by atoms with van der Waals surface area (Å²) in [6.07, 6.45) is 5.14. The number of likely N-dealkylation sites (N-methyl/N-ethyl adjacent to an activating group) is 1. The molecule has 0 aromatic rings. The van der Waals surface area contributed by atoms with E-state index in [1.807, 2.05) is 31.9 Å². The predicted molar refractivity (Wildman–Crippen MR) is 78.3 cm³/mol. The zero-order chi connectivity index (χ0) is 15.4. The first-order chi connectivity index (χ1) is 9.85. The third-order valence-electron chi connectivity index (χ3n) is 4.37. The van der Waals surface area contributed by atoms with Crippen LogP contribution in [0, 0.1) is 0 Å². The van der Waals surface area contributed by atoms with Crippen molar-refractivity contribution in [1.82, 2.24) is 4.90 Å². The molecular formula is C16H21NO4. The fourth-order valence-electron chi connectivity index (χ4n) is 3.05. The first-order valence-electron chi connectivity index (χ1n) is 7.05. The van der Waals surface area contributed by atoms with Crippen molar-refractivity contribution in [2.75, 3.05) is 14.2 Å². The second-order valence-electron chi connectivity index (χ2n) is 6.18. The van der Waals surface area contributed by atoms with Crippen LogP contribution in [0.3, 0.4) is 0 Å². The van der Waals surface area contributed by atoms with Crippen molar-refractivity contribution < 1.29 is 19.7 Å². The van der Waals surface area contributed by atoms with Gasteiger partial charge in [-0.15, -0.1) is 0 Å². The molecule has 3 rings (SSSR count). The standard InChI is InChI=1S/C16H21NO4/c1-16(2)13(19)8-11-14(20-4)10-7-9(18)5-6-12(10)17(3)15(11)21-16/h5-7,12-13,18-19H,8H2,1-4H3. The molecule has 0 amide bonds. The Morgan fingerprint density at radius 2 is 2.14 bits per heavy atom. The molecule has 2 heterocycles. The highest BCUT2D eigenvalue weighted by atomic mass is 16.5. The number of rotatable bonds is 1. The molecule has 0 spiro atoms. The summed E-state index contributed by atoms with van der Waals surface area (Å²) < 4.78 is 11.6. The molecule has 0 aromatic heterocycles. The van der Waals surface area contributed by atoms with Crippen LogP contribution in [0.5, 0.6) is 0 Å². The normalized spacial score (nSPS) is 30.5. The molecule has 3 aliphatic rings. The van der Waals surface area contributed by atoms with Crippen LogP contribution >= 0.6 is 0 Å². The van der Waals surface area contributed by atoms with E-state index in [0.717, 1.165) is 17.0 Å². The highest BCUT2D eigenvalue weighted by Gasteiger charge is 2.44. The lowest BCUT2D eigenvalue weighted by molar-refractivity contribution is -0.108. The smallest absolute Gasteiger partial charge is 0.197 e. The van der Waals surface area contributed by atoms with E-state index in [2.05, 4.69) is 0 Å². The van der Waals surface area contributed by atoms with Crippen molar-refractivity contribution in [1.29, 1.82) is 0 Å². The fourth-order valence-corrected chi connectivity index (χ4v) is 3.05. The lowest BCUT2D eigenvalue weighted by Gasteiger charge is -2.46. The Morgan fingerprint density at radius 3 is 2.81 bits per heavy atom. The van der Waals surface area contributed by atoms with Crippen molar-refractivity contribution >= 4 is 0 Å².